The molecule has 0 aliphatic rings. The lowest BCUT2D eigenvalue weighted by Crippen LogP contribution is -2.32. The molecule has 0 N–H and O–H groups in total. The minimum Gasteiger partial charge on any atom is -0.493 e. The first-order valence-electron chi connectivity index (χ1n) is 14.1. The Balaban J connectivity index is 1.06. The fourth-order valence-corrected chi connectivity index (χ4v) is 5.07. The van der Waals surface area contributed by atoms with Gasteiger partial charge < -0.3 is 14.1 Å². The number of hydrogen-bond acceptors (Lipinski definition) is 4. The van der Waals surface area contributed by atoms with E-state index in [0.29, 0.717) is 12.2 Å². The van der Waals surface area contributed by atoms with Gasteiger partial charge in [-0.25, -0.2) is 9.36 Å². The maximum atomic E-state index is 11.4. The summed E-state index contributed by atoms with van der Waals surface area (Å²) in [6.45, 7) is 8.11. The van der Waals surface area contributed by atoms with Crippen LogP contribution < -0.4 is 19.8 Å². The molecule has 2 aromatic heterocycles. The minimum atomic E-state index is -0.342. The number of hydrogen-bond donors (Lipinski definition) is 0. The molecule has 200 valence electrons. The van der Waals surface area contributed by atoms with Crippen LogP contribution in [0.1, 0.15) is 39.5 Å². The van der Waals surface area contributed by atoms with Crippen molar-refractivity contribution in [3.8, 4) is 16.9 Å². The largest absolute Gasteiger partial charge is 0.493 e. The summed E-state index contributed by atoms with van der Waals surface area (Å²) in [7, 11) is 0. The number of nitrogens with zero attached hydrogens (tertiary/aromatic N) is 2. The summed E-state index contributed by atoms with van der Waals surface area (Å²) in [6.07, 6.45) is 8.78. The fraction of sp³-hybridized carbons (Fsp3) is 0.294. The lowest BCUT2D eigenvalue weighted by Gasteiger charge is -2.21. The molecule has 0 saturated heterocycles. The van der Waals surface area contributed by atoms with Gasteiger partial charge >= 0.3 is 5.63 Å². The molecule has 5 nitrogen and oxygen atoms in total. The van der Waals surface area contributed by atoms with Crippen molar-refractivity contribution >= 4 is 27.4 Å². The molecule has 5 heteroatoms. The van der Waals surface area contributed by atoms with Crippen molar-refractivity contribution < 1.29 is 13.7 Å². The second-order valence-electron chi connectivity index (χ2n) is 9.96. The Labute approximate surface area is 230 Å². The van der Waals surface area contributed by atoms with Crippen molar-refractivity contribution in [3.05, 3.63) is 102 Å². The molecule has 0 saturated carbocycles. The standard InChI is InChI=1S/C34H37N2O3/c1-3-36(4-2)31-14-11-29-23-28(9-10-30(29)24-31)26-17-20-35(21-18-26)19-7-5-6-8-22-38-32-15-12-27-13-16-34(37)39-33(27)25-32/h9-18,20-21,23-25H,3-8,19,22H2,1-2H3/q+1. The molecular formula is C34H37N2O3+. The highest BCUT2D eigenvalue weighted by atomic mass is 16.5. The average molecular weight is 522 g/mol. The smallest absolute Gasteiger partial charge is 0.336 e. The Morgan fingerprint density at radius 2 is 1.44 bits per heavy atom. The zero-order valence-corrected chi connectivity index (χ0v) is 22.9. The zero-order valence-electron chi connectivity index (χ0n) is 22.9. The molecule has 0 aliphatic heterocycles. The Morgan fingerprint density at radius 3 is 2.26 bits per heavy atom. The molecule has 0 radical (unpaired) electrons. The first-order chi connectivity index (χ1) is 19.1. The topological polar surface area (TPSA) is 46.6 Å². The number of ether oxygens (including phenoxy) is 1. The van der Waals surface area contributed by atoms with Gasteiger partial charge in [0.15, 0.2) is 12.4 Å². The van der Waals surface area contributed by atoms with E-state index < -0.39 is 0 Å². The van der Waals surface area contributed by atoms with Gasteiger partial charge in [0.2, 0.25) is 0 Å². The number of rotatable bonds is 12. The van der Waals surface area contributed by atoms with Gasteiger partial charge in [-0.2, -0.15) is 0 Å². The molecule has 0 aliphatic carbocycles. The minimum absolute atomic E-state index is 0.342. The summed E-state index contributed by atoms with van der Waals surface area (Å²) >= 11 is 0. The van der Waals surface area contributed by atoms with E-state index >= 15 is 0 Å². The normalized spacial score (nSPS) is 11.2. The molecule has 0 bridgehead atoms. The van der Waals surface area contributed by atoms with Crippen molar-refractivity contribution in [2.75, 3.05) is 24.6 Å². The van der Waals surface area contributed by atoms with Crippen LogP contribution >= 0.6 is 0 Å². The molecule has 0 fully saturated rings. The monoisotopic (exact) mass is 521 g/mol. The van der Waals surface area contributed by atoms with E-state index in [1.165, 1.54) is 33.7 Å². The van der Waals surface area contributed by atoms with Crippen LogP contribution in [0.5, 0.6) is 5.75 Å². The summed E-state index contributed by atoms with van der Waals surface area (Å²) < 4.78 is 13.4. The molecule has 5 aromatic rings. The van der Waals surface area contributed by atoms with Gasteiger partial charge in [-0.3, -0.25) is 0 Å². The quantitative estimate of drug-likeness (QED) is 0.0976. The molecule has 5 rings (SSSR count). The van der Waals surface area contributed by atoms with Gasteiger partial charge in [-0.15, -0.1) is 0 Å². The van der Waals surface area contributed by atoms with Crippen LogP contribution in [0, 0.1) is 0 Å². The Hall–Kier alpha value is -4.12. The van der Waals surface area contributed by atoms with Gasteiger partial charge in [-0.1, -0.05) is 18.2 Å². The van der Waals surface area contributed by atoms with Crippen molar-refractivity contribution in [1.82, 2.24) is 0 Å². The average Bonchev–Trinajstić information content (AvgIpc) is 2.97. The van der Waals surface area contributed by atoms with Crippen LogP contribution in [0.3, 0.4) is 0 Å². The number of unbranched alkanes of at least 4 members (excludes halogenated alkanes) is 3. The molecule has 0 spiro atoms. The van der Waals surface area contributed by atoms with E-state index in [1.807, 2.05) is 12.1 Å². The highest BCUT2D eigenvalue weighted by Gasteiger charge is 2.07. The summed E-state index contributed by atoms with van der Waals surface area (Å²) in [5.41, 5.74) is 4.00. The molecule has 0 unspecified atom stereocenters. The Bertz CT molecular complexity index is 1590. The lowest BCUT2D eigenvalue weighted by molar-refractivity contribution is -0.697. The van der Waals surface area contributed by atoms with E-state index in [-0.39, 0.29) is 5.63 Å². The van der Waals surface area contributed by atoms with Crippen LogP contribution in [0.2, 0.25) is 0 Å². The van der Waals surface area contributed by atoms with Crippen molar-refractivity contribution in [2.45, 2.75) is 46.1 Å². The first kappa shape index (κ1) is 26.5. The van der Waals surface area contributed by atoms with Gasteiger partial charge in [0.05, 0.1) is 6.61 Å². The van der Waals surface area contributed by atoms with Crippen LogP contribution in [0.25, 0.3) is 32.9 Å². The van der Waals surface area contributed by atoms with Crippen LogP contribution in [-0.4, -0.2) is 19.7 Å². The second-order valence-corrected chi connectivity index (χ2v) is 9.96. The maximum absolute atomic E-state index is 11.4. The SMILES string of the molecule is CCN(CC)c1ccc2cc(-c3cc[n+](CCCCCCOc4ccc5ccc(=O)oc5c4)cc3)ccc2c1. The summed E-state index contributed by atoms with van der Waals surface area (Å²) in [4.78, 5) is 13.8. The zero-order chi connectivity index (χ0) is 27.0. The van der Waals surface area contributed by atoms with Gasteiger partial charge in [0, 0.05) is 54.8 Å². The molecule has 2 heterocycles. The third-order valence-corrected chi connectivity index (χ3v) is 7.35. The summed E-state index contributed by atoms with van der Waals surface area (Å²) in [5, 5.41) is 3.45. The van der Waals surface area contributed by atoms with Crippen LogP contribution in [0.15, 0.2) is 100 Å². The number of pyridine rings is 1. The first-order valence-corrected chi connectivity index (χ1v) is 14.1. The Kier molecular flexibility index (Phi) is 8.57. The summed E-state index contributed by atoms with van der Waals surface area (Å²) in [5.74, 6) is 0.739. The number of benzene rings is 3. The van der Waals surface area contributed by atoms with E-state index in [9.17, 15) is 4.79 Å². The predicted molar refractivity (Wildman–Crippen MR) is 160 cm³/mol. The third kappa shape index (κ3) is 6.66. The van der Waals surface area contributed by atoms with Crippen molar-refractivity contribution in [2.24, 2.45) is 0 Å². The van der Waals surface area contributed by atoms with Crippen LogP contribution in [0.4, 0.5) is 5.69 Å². The maximum Gasteiger partial charge on any atom is 0.336 e. The van der Waals surface area contributed by atoms with E-state index in [2.05, 4.69) is 84.2 Å². The number of aromatic nitrogens is 1. The van der Waals surface area contributed by atoms with Gasteiger partial charge in [0.1, 0.15) is 17.9 Å². The third-order valence-electron chi connectivity index (χ3n) is 7.35. The van der Waals surface area contributed by atoms with Gasteiger partial charge in [-0.05, 0) is 91.4 Å². The molecular weight excluding hydrogens is 484 g/mol. The van der Waals surface area contributed by atoms with Crippen LogP contribution in [-0.2, 0) is 6.54 Å². The molecule has 0 atom stereocenters. The lowest BCUT2D eigenvalue weighted by atomic mass is 10.0. The number of fused-ring (bicyclic) bond motifs is 2. The van der Waals surface area contributed by atoms with E-state index in [4.69, 9.17) is 9.15 Å². The number of anilines is 1. The van der Waals surface area contributed by atoms with Crippen molar-refractivity contribution in [1.29, 1.82) is 0 Å². The molecule has 39 heavy (non-hydrogen) atoms. The fourth-order valence-electron chi connectivity index (χ4n) is 5.07. The predicted octanol–water partition coefficient (Wildman–Crippen LogP) is 7.39. The summed E-state index contributed by atoms with van der Waals surface area (Å²) in [6, 6.07) is 26.8. The Morgan fingerprint density at radius 1 is 0.718 bits per heavy atom. The molecule has 0 amide bonds. The highest BCUT2D eigenvalue weighted by Crippen LogP contribution is 2.27. The van der Waals surface area contributed by atoms with E-state index in [1.54, 1.807) is 12.1 Å². The van der Waals surface area contributed by atoms with Crippen molar-refractivity contribution in [3.63, 3.8) is 0 Å². The molecule has 3 aromatic carbocycles. The second kappa shape index (κ2) is 12.6. The van der Waals surface area contributed by atoms with Gasteiger partial charge in [0.25, 0.3) is 0 Å². The number of aryl methyl sites for hydroxylation is 1. The van der Waals surface area contributed by atoms with E-state index in [0.717, 1.165) is 56.5 Å². The highest BCUT2D eigenvalue weighted by molar-refractivity contribution is 5.89.